The van der Waals surface area contributed by atoms with Crippen LogP contribution in [-0.4, -0.2) is 47.9 Å². The summed E-state index contributed by atoms with van der Waals surface area (Å²) in [7, 11) is 2.42. The third-order valence-corrected chi connectivity index (χ3v) is 3.62. The van der Waals surface area contributed by atoms with E-state index in [1.165, 1.54) is 64.5 Å². The number of ether oxygens (including phenoxy) is 2. The zero-order valence-corrected chi connectivity index (χ0v) is 15.8. The minimum absolute atomic E-state index is 0.000185. The summed E-state index contributed by atoms with van der Waals surface area (Å²) >= 11 is 0. The van der Waals surface area contributed by atoms with Gasteiger partial charge in [-0.1, -0.05) is 0 Å². The number of hydrogen-bond donors (Lipinski definition) is 2. The van der Waals surface area contributed by atoms with Crippen LogP contribution in [-0.2, 0) is 9.47 Å². The Hall–Kier alpha value is -3.68. The number of aromatic hydroxyl groups is 2. The van der Waals surface area contributed by atoms with Crippen molar-refractivity contribution in [1.82, 2.24) is 0 Å². The van der Waals surface area contributed by atoms with Gasteiger partial charge in [0, 0.05) is 11.1 Å². The summed E-state index contributed by atoms with van der Waals surface area (Å²) in [5, 5.41) is 18.6. The summed E-state index contributed by atoms with van der Waals surface area (Å²) in [6, 6.07) is 8.10. The van der Waals surface area contributed by atoms with Crippen LogP contribution in [0.1, 0.15) is 55.3 Å². The Bertz CT molecular complexity index is 839. The number of Topliss-reactive ketones (excluding diaryl/α,β-unsaturated/α-hetero) is 2. The predicted octanol–water partition coefficient (Wildman–Crippen LogP) is 2.76. The fourth-order valence-electron chi connectivity index (χ4n) is 2.06. The van der Waals surface area contributed by atoms with E-state index in [9.17, 15) is 29.4 Å². The van der Waals surface area contributed by atoms with Crippen molar-refractivity contribution in [2.75, 3.05) is 14.2 Å². The van der Waals surface area contributed by atoms with Gasteiger partial charge in [-0.15, -0.1) is 0 Å². The molecule has 148 valence electrons. The van der Waals surface area contributed by atoms with E-state index in [0.29, 0.717) is 11.1 Å². The first-order valence-corrected chi connectivity index (χ1v) is 7.96. The summed E-state index contributed by atoms with van der Waals surface area (Å²) in [6.07, 6.45) is 0. The topological polar surface area (TPSA) is 127 Å². The Morgan fingerprint density at radius 3 is 1.25 bits per heavy atom. The SMILES string of the molecule is COC(=O)c1cc(C(C)=O)ccc1O.COC(=O)c1cc(C(C)=O)ccc1O. The zero-order valence-electron chi connectivity index (χ0n) is 15.8. The van der Waals surface area contributed by atoms with Crippen molar-refractivity contribution in [3.05, 3.63) is 58.7 Å². The maximum absolute atomic E-state index is 11.1. The van der Waals surface area contributed by atoms with Crippen LogP contribution < -0.4 is 0 Å². The van der Waals surface area contributed by atoms with Crippen molar-refractivity contribution in [3.63, 3.8) is 0 Å². The first-order valence-electron chi connectivity index (χ1n) is 7.96. The van der Waals surface area contributed by atoms with Crippen LogP contribution in [0.15, 0.2) is 36.4 Å². The van der Waals surface area contributed by atoms with Gasteiger partial charge in [0.05, 0.1) is 14.2 Å². The first-order chi connectivity index (χ1) is 13.1. The van der Waals surface area contributed by atoms with Gasteiger partial charge in [0.25, 0.3) is 0 Å². The molecule has 0 saturated heterocycles. The average Bonchev–Trinajstić information content (AvgIpc) is 2.67. The number of carbonyl (C=O) groups excluding carboxylic acids is 4. The second-order valence-corrected chi connectivity index (χ2v) is 5.56. The number of ketones is 2. The Morgan fingerprint density at radius 2 is 1.00 bits per heavy atom. The number of phenols is 2. The van der Waals surface area contributed by atoms with Crippen molar-refractivity contribution in [2.45, 2.75) is 13.8 Å². The van der Waals surface area contributed by atoms with E-state index in [-0.39, 0.29) is 34.2 Å². The van der Waals surface area contributed by atoms with Crippen molar-refractivity contribution in [2.24, 2.45) is 0 Å². The van der Waals surface area contributed by atoms with Gasteiger partial charge in [-0.3, -0.25) is 9.59 Å². The molecule has 0 atom stereocenters. The number of rotatable bonds is 4. The molecule has 2 aromatic rings. The third kappa shape index (κ3) is 5.66. The molecule has 0 spiro atoms. The fraction of sp³-hybridized carbons (Fsp3) is 0.200. The van der Waals surface area contributed by atoms with Crippen LogP contribution in [0.4, 0.5) is 0 Å². The van der Waals surface area contributed by atoms with E-state index < -0.39 is 11.9 Å². The third-order valence-electron chi connectivity index (χ3n) is 3.62. The highest BCUT2D eigenvalue weighted by molar-refractivity contribution is 6.00. The molecule has 0 aliphatic heterocycles. The van der Waals surface area contributed by atoms with Crippen molar-refractivity contribution in [1.29, 1.82) is 0 Å². The molecular formula is C20H20O8. The Kier molecular flexibility index (Phi) is 7.88. The van der Waals surface area contributed by atoms with Gasteiger partial charge < -0.3 is 19.7 Å². The maximum Gasteiger partial charge on any atom is 0.341 e. The van der Waals surface area contributed by atoms with Crippen LogP contribution in [0.5, 0.6) is 11.5 Å². The molecule has 0 aliphatic carbocycles. The summed E-state index contributed by atoms with van der Waals surface area (Å²) in [5.41, 5.74) is 0.729. The molecule has 0 aromatic heterocycles. The maximum atomic E-state index is 11.1. The lowest BCUT2D eigenvalue weighted by atomic mass is 10.1. The van der Waals surface area contributed by atoms with Crippen LogP contribution >= 0.6 is 0 Å². The van der Waals surface area contributed by atoms with Gasteiger partial charge in [0.1, 0.15) is 22.6 Å². The van der Waals surface area contributed by atoms with Gasteiger partial charge in [0.2, 0.25) is 0 Å². The lowest BCUT2D eigenvalue weighted by Crippen LogP contribution is -2.03. The molecule has 0 heterocycles. The van der Waals surface area contributed by atoms with Crippen LogP contribution in [0.25, 0.3) is 0 Å². The number of phenolic OH excluding ortho intramolecular Hbond substituents is 2. The molecule has 8 heteroatoms. The normalized spacial score (nSPS) is 9.57. The molecule has 0 fully saturated rings. The monoisotopic (exact) mass is 388 g/mol. The van der Waals surface area contributed by atoms with Gasteiger partial charge in [-0.05, 0) is 50.2 Å². The van der Waals surface area contributed by atoms with Gasteiger partial charge in [-0.2, -0.15) is 0 Å². The Labute approximate surface area is 161 Å². The van der Waals surface area contributed by atoms with Gasteiger partial charge >= 0.3 is 11.9 Å². The number of carbonyl (C=O) groups is 4. The molecule has 0 saturated carbocycles. The Morgan fingerprint density at radius 1 is 0.679 bits per heavy atom. The van der Waals surface area contributed by atoms with E-state index in [1.54, 1.807) is 0 Å². The summed E-state index contributed by atoms with van der Waals surface area (Å²) in [5.74, 6) is -2.05. The molecule has 0 amide bonds. The van der Waals surface area contributed by atoms with Crippen LogP contribution in [0, 0.1) is 0 Å². The molecule has 2 aromatic carbocycles. The standard InChI is InChI=1S/2C10H10O4/c2*1-6(11)7-3-4-9(12)8(5-7)10(13)14-2/h2*3-5,12H,1-2H3. The summed E-state index contributed by atoms with van der Waals surface area (Å²) in [4.78, 5) is 44.2. The number of methoxy groups -OCH3 is 2. The molecular weight excluding hydrogens is 368 g/mol. The Balaban J connectivity index is 0.000000280. The zero-order chi connectivity index (χ0) is 21.4. The highest BCUT2D eigenvalue weighted by Crippen LogP contribution is 2.20. The van der Waals surface area contributed by atoms with E-state index in [0.717, 1.165) is 0 Å². The molecule has 0 aliphatic rings. The quantitative estimate of drug-likeness (QED) is 0.605. The molecule has 0 bridgehead atoms. The molecule has 2 N–H and O–H groups in total. The molecule has 0 unspecified atom stereocenters. The molecule has 28 heavy (non-hydrogen) atoms. The average molecular weight is 388 g/mol. The first kappa shape index (κ1) is 22.4. The van der Waals surface area contributed by atoms with Gasteiger partial charge in [0.15, 0.2) is 11.6 Å². The van der Waals surface area contributed by atoms with Crippen LogP contribution in [0.2, 0.25) is 0 Å². The lowest BCUT2D eigenvalue weighted by Gasteiger charge is -2.03. The molecule has 8 nitrogen and oxygen atoms in total. The van der Waals surface area contributed by atoms with E-state index in [1.807, 2.05) is 0 Å². The van der Waals surface area contributed by atoms with Crippen molar-refractivity contribution >= 4 is 23.5 Å². The van der Waals surface area contributed by atoms with Crippen molar-refractivity contribution in [3.8, 4) is 11.5 Å². The predicted molar refractivity (Wildman–Crippen MR) is 98.9 cm³/mol. The number of esters is 2. The smallest absolute Gasteiger partial charge is 0.341 e. The van der Waals surface area contributed by atoms with E-state index in [4.69, 9.17) is 0 Å². The summed E-state index contributed by atoms with van der Waals surface area (Å²) in [6.45, 7) is 2.76. The lowest BCUT2D eigenvalue weighted by molar-refractivity contribution is 0.0588. The van der Waals surface area contributed by atoms with Gasteiger partial charge in [-0.25, -0.2) is 9.59 Å². The number of hydrogen-bond acceptors (Lipinski definition) is 8. The van der Waals surface area contributed by atoms with E-state index in [2.05, 4.69) is 9.47 Å². The minimum Gasteiger partial charge on any atom is -0.507 e. The van der Waals surface area contributed by atoms with Crippen molar-refractivity contribution < 1.29 is 38.9 Å². The van der Waals surface area contributed by atoms with E-state index >= 15 is 0 Å². The largest absolute Gasteiger partial charge is 0.507 e. The second kappa shape index (κ2) is 9.86. The highest BCUT2D eigenvalue weighted by Gasteiger charge is 2.14. The number of benzene rings is 2. The fourth-order valence-corrected chi connectivity index (χ4v) is 2.06. The van der Waals surface area contributed by atoms with Crippen LogP contribution in [0.3, 0.4) is 0 Å². The second-order valence-electron chi connectivity index (χ2n) is 5.56. The molecule has 2 rings (SSSR count). The highest BCUT2D eigenvalue weighted by atomic mass is 16.5. The minimum atomic E-state index is -0.661. The summed E-state index contributed by atoms with van der Waals surface area (Å²) < 4.78 is 8.88. The molecule has 0 radical (unpaired) electrons.